The summed E-state index contributed by atoms with van der Waals surface area (Å²) in [7, 11) is 1.60. The molecule has 2 heterocycles. The van der Waals surface area contributed by atoms with E-state index in [1.165, 1.54) is 18.5 Å². The van der Waals surface area contributed by atoms with Crippen molar-refractivity contribution in [3.8, 4) is 5.75 Å². The number of oxime groups is 1. The first-order valence-electron chi connectivity index (χ1n) is 8.92. The minimum atomic E-state index is -0.754. The van der Waals surface area contributed by atoms with Crippen molar-refractivity contribution in [2.24, 2.45) is 5.16 Å². The van der Waals surface area contributed by atoms with E-state index in [4.69, 9.17) is 9.57 Å². The van der Waals surface area contributed by atoms with Gasteiger partial charge in [-0.2, -0.15) is 0 Å². The maximum absolute atomic E-state index is 13.0. The Hall–Kier alpha value is -3.75. The van der Waals surface area contributed by atoms with Crippen molar-refractivity contribution in [3.63, 3.8) is 0 Å². The molecule has 1 aliphatic heterocycles. The van der Waals surface area contributed by atoms with Gasteiger partial charge in [0.25, 0.3) is 5.91 Å². The molecular weight excluding hydrogens is 377 g/mol. The molecule has 148 valence electrons. The van der Waals surface area contributed by atoms with E-state index in [0.29, 0.717) is 18.7 Å². The molecular formula is C20H18FN5O3. The van der Waals surface area contributed by atoms with E-state index in [1.807, 2.05) is 24.3 Å². The molecule has 0 fully saturated rings. The predicted octanol–water partition coefficient (Wildman–Crippen LogP) is 2.61. The molecule has 1 aliphatic rings. The van der Waals surface area contributed by atoms with E-state index in [-0.39, 0.29) is 17.7 Å². The Labute approximate surface area is 166 Å². The SMILES string of the molecule is COc1ccc(C2=NOC(C(=O)Nc3ncn(Cc4ccc(F)cc4)n3)C2)cc1. The molecule has 4 rings (SSSR count). The number of anilines is 1. The van der Waals surface area contributed by atoms with Crippen LogP contribution < -0.4 is 10.1 Å². The van der Waals surface area contributed by atoms with Gasteiger partial charge in [0, 0.05) is 6.42 Å². The summed E-state index contributed by atoms with van der Waals surface area (Å²) >= 11 is 0. The Morgan fingerprint density at radius 2 is 2.00 bits per heavy atom. The van der Waals surface area contributed by atoms with Crippen LogP contribution >= 0.6 is 0 Å². The Morgan fingerprint density at radius 1 is 1.24 bits per heavy atom. The van der Waals surface area contributed by atoms with Crippen molar-refractivity contribution in [2.75, 3.05) is 12.4 Å². The molecule has 0 saturated heterocycles. The van der Waals surface area contributed by atoms with E-state index < -0.39 is 6.10 Å². The summed E-state index contributed by atoms with van der Waals surface area (Å²) < 4.78 is 19.7. The van der Waals surface area contributed by atoms with Crippen LogP contribution in [0.2, 0.25) is 0 Å². The number of benzene rings is 2. The fourth-order valence-electron chi connectivity index (χ4n) is 2.87. The van der Waals surface area contributed by atoms with E-state index >= 15 is 0 Å². The van der Waals surface area contributed by atoms with Gasteiger partial charge in [-0.25, -0.2) is 14.1 Å². The highest BCUT2D eigenvalue weighted by atomic mass is 19.1. The van der Waals surface area contributed by atoms with Crippen LogP contribution in [0.25, 0.3) is 0 Å². The number of carbonyl (C=O) groups excluding carboxylic acids is 1. The zero-order valence-corrected chi connectivity index (χ0v) is 15.6. The molecule has 1 unspecified atom stereocenters. The van der Waals surface area contributed by atoms with Gasteiger partial charge in [-0.3, -0.25) is 10.1 Å². The van der Waals surface area contributed by atoms with Crippen LogP contribution in [0, 0.1) is 5.82 Å². The van der Waals surface area contributed by atoms with Gasteiger partial charge in [-0.05, 0) is 47.5 Å². The maximum Gasteiger partial charge on any atom is 0.271 e. The smallest absolute Gasteiger partial charge is 0.271 e. The topological polar surface area (TPSA) is 90.6 Å². The van der Waals surface area contributed by atoms with Crippen molar-refractivity contribution in [1.82, 2.24) is 14.8 Å². The maximum atomic E-state index is 13.0. The van der Waals surface area contributed by atoms with Crippen molar-refractivity contribution in [1.29, 1.82) is 0 Å². The second-order valence-electron chi connectivity index (χ2n) is 6.45. The average Bonchev–Trinajstić information content (AvgIpc) is 3.40. The third-order valence-corrected chi connectivity index (χ3v) is 4.41. The van der Waals surface area contributed by atoms with Crippen LogP contribution in [0.1, 0.15) is 17.5 Å². The van der Waals surface area contributed by atoms with Crippen LogP contribution in [0.15, 0.2) is 60.0 Å². The van der Waals surface area contributed by atoms with E-state index in [1.54, 1.807) is 23.9 Å². The molecule has 1 aromatic heterocycles. The number of rotatable bonds is 6. The molecule has 9 heteroatoms. The molecule has 0 aliphatic carbocycles. The molecule has 3 aromatic rings. The van der Waals surface area contributed by atoms with Gasteiger partial charge in [0.1, 0.15) is 17.9 Å². The number of halogens is 1. The lowest BCUT2D eigenvalue weighted by molar-refractivity contribution is -0.125. The first-order valence-corrected chi connectivity index (χ1v) is 8.92. The van der Waals surface area contributed by atoms with Crippen LogP contribution in [0.5, 0.6) is 5.75 Å². The molecule has 1 amide bonds. The highest BCUT2D eigenvalue weighted by Crippen LogP contribution is 2.20. The molecule has 8 nitrogen and oxygen atoms in total. The van der Waals surface area contributed by atoms with Crippen molar-refractivity contribution in [3.05, 3.63) is 71.8 Å². The number of amides is 1. The normalized spacial score (nSPS) is 15.5. The first kappa shape index (κ1) is 18.6. The summed E-state index contributed by atoms with van der Waals surface area (Å²) in [5, 5.41) is 10.8. The lowest BCUT2D eigenvalue weighted by Gasteiger charge is -2.07. The quantitative estimate of drug-likeness (QED) is 0.693. The number of hydrogen-bond donors (Lipinski definition) is 1. The lowest BCUT2D eigenvalue weighted by atomic mass is 10.0. The van der Waals surface area contributed by atoms with E-state index in [9.17, 15) is 9.18 Å². The van der Waals surface area contributed by atoms with Crippen molar-refractivity contribution in [2.45, 2.75) is 19.1 Å². The van der Waals surface area contributed by atoms with Gasteiger partial charge in [-0.1, -0.05) is 17.3 Å². The number of aromatic nitrogens is 3. The zero-order valence-electron chi connectivity index (χ0n) is 15.6. The predicted molar refractivity (Wildman–Crippen MR) is 103 cm³/mol. The number of hydrogen-bond acceptors (Lipinski definition) is 6. The summed E-state index contributed by atoms with van der Waals surface area (Å²) in [6.45, 7) is 0.411. The Bertz CT molecular complexity index is 1030. The number of methoxy groups -OCH3 is 1. The number of nitrogens with one attached hydrogen (secondary N) is 1. The van der Waals surface area contributed by atoms with Gasteiger partial charge in [0.05, 0.1) is 19.4 Å². The molecule has 0 saturated carbocycles. The molecule has 0 spiro atoms. The Balaban J connectivity index is 1.33. The minimum absolute atomic E-state index is 0.165. The minimum Gasteiger partial charge on any atom is -0.497 e. The lowest BCUT2D eigenvalue weighted by Crippen LogP contribution is -2.28. The highest BCUT2D eigenvalue weighted by Gasteiger charge is 2.29. The second-order valence-corrected chi connectivity index (χ2v) is 6.45. The fourth-order valence-corrected chi connectivity index (χ4v) is 2.87. The molecule has 2 aromatic carbocycles. The van der Waals surface area contributed by atoms with Crippen LogP contribution in [0.4, 0.5) is 10.3 Å². The van der Waals surface area contributed by atoms with Gasteiger partial charge in [0.2, 0.25) is 12.1 Å². The summed E-state index contributed by atoms with van der Waals surface area (Å²) in [5.74, 6) is 0.230. The van der Waals surface area contributed by atoms with Crippen molar-refractivity contribution >= 4 is 17.6 Å². The monoisotopic (exact) mass is 395 g/mol. The zero-order chi connectivity index (χ0) is 20.2. The number of carbonyl (C=O) groups is 1. The standard InChI is InChI=1S/C20H18FN5O3/c1-28-16-8-4-14(5-9-16)17-10-18(29-25-17)19(27)23-20-22-12-26(24-20)11-13-2-6-15(21)7-3-13/h2-9,12,18H,10-11H2,1H3,(H,23,24,27). The third kappa shape index (κ3) is 4.40. The van der Waals surface area contributed by atoms with Gasteiger partial charge < -0.3 is 9.57 Å². The number of nitrogens with zero attached hydrogens (tertiary/aromatic N) is 4. The first-order chi connectivity index (χ1) is 14.1. The average molecular weight is 395 g/mol. The summed E-state index contributed by atoms with van der Waals surface area (Å²) in [6, 6.07) is 13.5. The van der Waals surface area contributed by atoms with Gasteiger partial charge in [0.15, 0.2) is 0 Å². The van der Waals surface area contributed by atoms with E-state index in [2.05, 4.69) is 20.6 Å². The summed E-state index contributed by atoms with van der Waals surface area (Å²) in [4.78, 5) is 21.8. The fraction of sp³-hybridized carbons (Fsp3) is 0.200. The molecule has 0 radical (unpaired) electrons. The van der Waals surface area contributed by atoms with Crippen LogP contribution in [0.3, 0.4) is 0 Å². The van der Waals surface area contributed by atoms with E-state index in [0.717, 1.165) is 16.9 Å². The third-order valence-electron chi connectivity index (χ3n) is 4.41. The summed E-state index contributed by atoms with van der Waals surface area (Å²) in [6.07, 6.45) is 1.08. The second kappa shape index (κ2) is 8.09. The molecule has 0 bridgehead atoms. The van der Waals surface area contributed by atoms with Crippen LogP contribution in [-0.4, -0.2) is 39.6 Å². The van der Waals surface area contributed by atoms with Gasteiger partial charge >= 0.3 is 0 Å². The highest BCUT2D eigenvalue weighted by molar-refractivity contribution is 6.05. The summed E-state index contributed by atoms with van der Waals surface area (Å²) in [5.41, 5.74) is 2.41. The molecule has 29 heavy (non-hydrogen) atoms. The van der Waals surface area contributed by atoms with Gasteiger partial charge in [-0.15, -0.1) is 5.10 Å². The largest absolute Gasteiger partial charge is 0.497 e. The Kier molecular flexibility index (Phi) is 5.19. The molecule has 1 N–H and O–H groups in total. The number of ether oxygens (including phenoxy) is 1. The van der Waals surface area contributed by atoms with Crippen molar-refractivity contribution < 1.29 is 18.8 Å². The Morgan fingerprint density at radius 3 is 2.72 bits per heavy atom. The van der Waals surface area contributed by atoms with Crippen LogP contribution in [-0.2, 0) is 16.2 Å². The molecule has 1 atom stereocenters.